The van der Waals surface area contributed by atoms with Gasteiger partial charge in [-0.3, -0.25) is 4.79 Å². The van der Waals surface area contributed by atoms with Crippen LogP contribution in [-0.4, -0.2) is 66.9 Å². The van der Waals surface area contributed by atoms with Gasteiger partial charge in [-0.1, -0.05) is 5.16 Å². The fourth-order valence-electron chi connectivity index (χ4n) is 4.86. The average molecular weight is 535 g/mol. The van der Waals surface area contributed by atoms with Crippen molar-refractivity contribution in [2.24, 2.45) is 5.92 Å². The van der Waals surface area contributed by atoms with Crippen molar-refractivity contribution in [3.63, 3.8) is 0 Å². The molecule has 2 heterocycles. The zero-order valence-corrected chi connectivity index (χ0v) is 20.0. The van der Waals surface area contributed by atoms with Crippen molar-refractivity contribution < 1.29 is 44.4 Å². The molecule has 3 atom stereocenters. The predicted molar refractivity (Wildman–Crippen MR) is 113 cm³/mol. The molecule has 2 saturated carbocycles. The SMILES string of the molecule is CC(Oc1ccc(S(C)(=O)=O)cc1C(=O)N1CC2CC2(c2noc(C3CC(F)(F)C3)n2)C1)C(F)(F)F. The van der Waals surface area contributed by atoms with Gasteiger partial charge in [0, 0.05) is 38.1 Å². The smallest absolute Gasteiger partial charge is 0.425 e. The number of amides is 1. The standard InChI is InChI=1S/C22H22F5N3O5S/c1-11(22(25,26)27)34-16-4-3-14(36(2,32)33)5-15(16)18(31)30-9-13-8-20(13,10-30)19-28-17(35-29-19)12-6-21(23,24)7-12/h3-5,11-13H,6-10H2,1-2H3. The summed E-state index contributed by atoms with van der Waals surface area (Å²) < 4.78 is 99.9. The molecule has 3 fully saturated rings. The van der Waals surface area contributed by atoms with Gasteiger partial charge in [-0.2, -0.15) is 18.2 Å². The molecule has 0 spiro atoms. The Hall–Kier alpha value is -2.77. The number of rotatable bonds is 6. The number of halogens is 5. The Morgan fingerprint density at radius 2 is 1.94 bits per heavy atom. The van der Waals surface area contributed by atoms with Crippen LogP contribution in [0, 0.1) is 5.92 Å². The van der Waals surface area contributed by atoms with E-state index >= 15 is 0 Å². The maximum Gasteiger partial charge on any atom is 0.425 e. The zero-order valence-electron chi connectivity index (χ0n) is 19.2. The number of carbonyl (C=O) groups excluding carboxylic acids is 1. The number of carbonyl (C=O) groups is 1. The molecule has 1 aromatic heterocycles. The number of benzene rings is 1. The minimum atomic E-state index is -4.70. The molecule has 0 N–H and O–H groups in total. The highest BCUT2D eigenvalue weighted by Gasteiger charge is 2.65. The fraction of sp³-hybridized carbons (Fsp3) is 0.591. The quantitative estimate of drug-likeness (QED) is 0.520. The monoisotopic (exact) mass is 535 g/mol. The second-order valence-electron chi connectivity index (χ2n) is 9.89. The van der Waals surface area contributed by atoms with E-state index in [4.69, 9.17) is 9.26 Å². The molecule has 36 heavy (non-hydrogen) atoms. The van der Waals surface area contributed by atoms with Crippen LogP contribution < -0.4 is 4.74 Å². The van der Waals surface area contributed by atoms with Crippen LogP contribution in [-0.2, 0) is 15.3 Å². The second kappa shape index (κ2) is 7.86. The van der Waals surface area contributed by atoms with Gasteiger partial charge >= 0.3 is 6.18 Å². The van der Waals surface area contributed by atoms with E-state index in [1.54, 1.807) is 0 Å². The van der Waals surface area contributed by atoms with E-state index in [-0.39, 0.29) is 53.9 Å². The van der Waals surface area contributed by atoms with Crippen LogP contribution in [0.15, 0.2) is 27.6 Å². The Labute approximate surface area is 202 Å². The number of hydrogen-bond donors (Lipinski definition) is 0. The van der Waals surface area contributed by atoms with Gasteiger partial charge in [0.2, 0.25) is 11.8 Å². The molecule has 2 aliphatic carbocycles. The van der Waals surface area contributed by atoms with Crippen molar-refractivity contribution in [3.8, 4) is 5.75 Å². The summed E-state index contributed by atoms with van der Waals surface area (Å²) in [5.74, 6) is -3.98. The number of alkyl halides is 5. The molecular weight excluding hydrogens is 513 g/mol. The van der Waals surface area contributed by atoms with Crippen molar-refractivity contribution in [1.29, 1.82) is 0 Å². The Kier molecular flexibility index (Phi) is 5.44. The topological polar surface area (TPSA) is 103 Å². The average Bonchev–Trinajstić information content (AvgIpc) is 3.11. The number of hydrogen-bond acceptors (Lipinski definition) is 7. The summed E-state index contributed by atoms with van der Waals surface area (Å²) in [6.45, 7) is 1.14. The van der Waals surface area contributed by atoms with Gasteiger partial charge in [-0.15, -0.1) is 0 Å². The molecule has 8 nitrogen and oxygen atoms in total. The van der Waals surface area contributed by atoms with E-state index in [0.717, 1.165) is 31.4 Å². The lowest BCUT2D eigenvalue weighted by molar-refractivity contribution is -0.189. The highest BCUT2D eigenvalue weighted by atomic mass is 32.2. The molecule has 0 bridgehead atoms. The van der Waals surface area contributed by atoms with Crippen LogP contribution in [0.3, 0.4) is 0 Å². The van der Waals surface area contributed by atoms with Gasteiger partial charge < -0.3 is 14.2 Å². The largest absolute Gasteiger partial charge is 0.480 e. The predicted octanol–water partition coefficient (Wildman–Crippen LogP) is 3.73. The first kappa shape index (κ1) is 24.9. The van der Waals surface area contributed by atoms with Crippen LogP contribution in [0.25, 0.3) is 0 Å². The normalized spacial score (nSPS) is 26.3. The van der Waals surface area contributed by atoms with Crippen molar-refractivity contribution in [1.82, 2.24) is 15.0 Å². The van der Waals surface area contributed by atoms with Crippen LogP contribution in [0.5, 0.6) is 5.75 Å². The lowest BCUT2D eigenvalue weighted by Crippen LogP contribution is -2.35. The summed E-state index contributed by atoms with van der Waals surface area (Å²) in [5.41, 5.74) is -0.950. The third-order valence-electron chi connectivity index (χ3n) is 7.13. The number of likely N-dealkylation sites (tertiary alicyclic amines) is 1. The van der Waals surface area contributed by atoms with Crippen LogP contribution >= 0.6 is 0 Å². The van der Waals surface area contributed by atoms with E-state index < -0.39 is 45.3 Å². The molecule has 3 unspecified atom stereocenters. The zero-order chi connectivity index (χ0) is 26.3. The molecule has 14 heteroatoms. The summed E-state index contributed by atoms with van der Waals surface area (Å²) in [5, 5.41) is 3.96. The van der Waals surface area contributed by atoms with Gasteiger partial charge in [0.05, 0.1) is 15.9 Å². The third-order valence-corrected chi connectivity index (χ3v) is 8.24. The van der Waals surface area contributed by atoms with E-state index in [9.17, 15) is 35.2 Å². The Bertz CT molecular complexity index is 1320. The summed E-state index contributed by atoms with van der Waals surface area (Å²) in [4.78, 5) is 18.8. The lowest BCUT2D eigenvalue weighted by atomic mass is 9.81. The molecule has 1 amide bonds. The first-order valence-corrected chi connectivity index (χ1v) is 13.1. The first-order valence-electron chi connectivity index (χ1n) is 11.2. The van der Waals surface area contributed by atoms with Gasteiger partial charge in [-0.25, -0.2) is 17.2 Å². The number of aromatic nitrogens is 2. The minimum Gasteiger partial charge on any atom is -0.480 e. The molecular formula is C22H22F5N3O5S. The number of sulfone groups is 1. The fourth-order valence-corrected chi connectivity index (χ4v) is 5.51. The van der Waals surface area contributed by atoms with Crippen LogP contribution in [0.1, 0.15) is 54.2 Å². The second-order valence-corrected chi connectivity index (χ2v) is 11.9. The van der Waals surface area contributed by atoms with Crippen LogP contribution in [0.2, 0.25) is 0 Å². The molecule has 1 aliphatic heterocycles. The van der Waals surface area contributed by atoms with E-state index in [2.05, 4.69) is 10.1 Å². The van der Waals surface area contributed by atoms with E-state index in [0.29, 0.717) is 12.2 Å². The molecule has 1 aromatic carbocycles. The Balaban J connectivity index is 1.38. The lowest BCUT2D eigenvalue weighted by Gasteiger charge is -2.32. The van der Waals surface area contributed by atoms with E-state index in [1.807, 2.05) is 0 Å². The number of fused-ring (bicyclic) bond motifs is 1. The van der Waals surface area contributed by atoms with Crippen molar-refractivity contribution in [2.45, 2.75) is 60.6 Å². The van der Waals surface area contributed by atoms with Gasteiger partial charge in [0.15, 0.2) is 21.8 Å². The Morgan fingerprint density at radius 3 is 2.56 bits per heavy atom. The van der Waals surface area contributed by atoms with Crippen LogP contribution in [0.4, 0.5) is 22.0 Å². The van der Waals surface area contributed by atoms with Crippen molar-refractivity contribution in [3.05, 3.63) is 35.5 Å². The van der Waals surface area contributed by atoms with Crippen molar-refractivity contribution in [2.75, 3.05) is 19.3 Å². The summed E-state index contributed by atoms with van der Waals surface area (Å²) >= 11 is 0. The first-order chi connectivity index (χ1) is 16.6. The Morgan fingerprint density at radius 1 is 1.25 bits per heavy atom. The highest BCUT2D eigenvalue weighted by Crippen LogP contribution is 2.59. The van der Waals surface area contributed by atoms with Gasteiger partial charge in [-0.05, 0) is 37.5 Å². The maximum absolute atomic E-state index is 13.4. The third kappa shape index (κ3) is 4.33. The van der Waals surface area contributed by atoms with Gasteiger partial charge in [0.25, 0.3) is 5.91 Å². The number of ether oxygens (including phenoxy) is 1. The van der Waals surface area contributed by atoms with Gasteiger partial charge in [0.1, 0.15) is 5.75 Å². The minimum absolute atomic E-state index is 0.0497. The molecule has 1 saturated heterocycles. The molecule has 2 aromatic rings. The highest BCUT2D eigenvalue weighted by molar-refractivity contribution is 7.90. The molecule has 3 aliphatic rings. The summed E-state index contributed by atoms with van der Waals surface area (Å²) in [7, 11) is -3.76. The maximum atomic E-state index is 13.4. The van der Waals surface area contributed by atoms with Crippen molar-refractivity contribution >= 4 is 15.7 Å². The molecule has 196 valence electrons. The van der Waals surface area contributed by atoms with E-state index in [1.165, 1.54) is 4.90 Å². The molecule has 5 rings (SSSR count). The summed E-state index contributed by atoms with van der Waals surface area (Å²) in [6, 6.07) is 3.13. The molecule has 0 radical (unpaired) electrons. The number of piperidine rings is 1. The number of nitrogens with zero attached hydrogens (tertiary/aromatic N) is 3. The summed E-state index contributed by atoms with van der Waals surface area (Å²) in [6.07, 6.45) is -6.12.